The lowest BCUT2D eigenvalue weighted by Gasteiger charge is -2.33. The number of benzene rings is 1. The molecule has 1 heteroatoms. The van der Waals surface area contributed by atoms with Crippen LogP contribution in [0.2, 0.25) is 0 Å². The van der Waals surface area contributed by atoms with E-state index in [0.717, 1.165) is 12.8 Å². The lowest BCUT2D eigenvalue weighted by atomic mass is 9.67. The Kier molecular flexibility index (Phi) is 3.32. The van der Waals surface area contributed by atoms with E-state index in [2.05, 4.69) is 36.8 Å². The van der Waals surface area contributed by atoms with E-state index < -0.39 is 0 Å². The summed E-state index contributed by atoms with van der Waals surface area (Å²) in [6.45, 7) is 0.294. The second-order valence-electron chi connectivity index (χ2n) is 4.50. The van der Waals surface area contributed by atoms with Crippen LogP contribution in [0.15, 0.2) is 30.3 Å². The van der Waals surface area contributed by atoms with Gasteiger partial charge < -0.3 is 5.11 Å². The summed E-state index contributed by atoms with van der Waals surface area (Å²) in [6, 6.07) is 10.7. The van der Waals surface area contributed by atoms with E-state index in [1.165, 1.54) is 24.8 Å². The third-order valence-corrected chi connectivity index (χ3v) is 3.58. The summed E-state index contributed by atoms with van der Waals surface area (Å²) >= 11 is 0. The van der Waals surface area contributed by atoms with Crippen molar-refractivity contribution in [2.75, 3.05) is 6.61 Å². The van der Waals surface area contributed by atoms with Crippen molar-refractivity contribution in [2.24, 2.45) is 0 Å². The summed E-state index contributed by atoms with van der Waals surface area (Å²) in [5, 5.41) is 9.23. The Balaban J connectivity index is 2.25. The Morgan fingerprint density at radius 3 is 2.67 bits per heavy atom. The highest BCUT2D eigenvalue weighted by Crippen LogP contribution is 2.41. The number of aliphatic hydroxyl groups is 1. The molecule has 0 amide bonds. The van der Waals surface area contributed by atoms with Gasteiger partial charge in [0.1, 0.15) is 0 Å². The van der Waals surface area contributed by atoms with Crippen molar-refractivity contribution in [3.63, 3.8) is 0 Å². The van der Waals surface area contributed by atoms with Crippen LogP contribution in [0.1, 0.15) is 37.7 Å². The molecule has 0 spiro atoms. The van der Waals surface area contributed by atoms with Crippen molar-refractivity contribution < 1.29 is 5.11 Å². The van der Waals surface area contributed by atoms with Crippen molar-refractivity contribution >= 4 is 0 Å². The second-order valence-corrected chi connectivity index (χ2v) is 4.50. The molecular formula is C14H19O+. The van der Waals surface area contributed by atoms with Crippen LogP contribution in [0.5, 0.6) is 0 Å². The highest BCUT2D eigenvalue weighted by Gasteiger charge is 2.37. The Morgan fingerprint density at radius 2 is 2.07 bits per heavy atom. The minimum Gasteiger partial charge on any atom is -0.396 e. The Labute approximate surface area is 92.1 Å². The van der Waals surface area contributed by atoms with E-state index in [-0.39, 0.29) is 5.41 Å². The molecule has 2 rings (SSSR count). The van der Waals surface area contributed by atoms with E-state index in [9.17, 15) is 5.11 Å². The average Bonchev–Trinajstić information content (AvgIpc) is 2.32. The van der Waals surface area contributed by atoms with Gasteiger partial charge in [0.25, 0.3) is 0 Å². The van der Waals surface area contributed by atoms with Gasteiger partial charge in [-0.15, -0.1) is 0 Å². The van der Waals surface area contributed by atoms with E-state index in [4.69, 9.17) is 0 Å². The minimum atomic E-state index is 0.217. The maximum atomic E-state index is 9.23. The van der Waals surface area contributed by atoms with Crippen molar-refractivity contribution in [2.45, 2.75) is 37.5 Å². The summed E-state index contributed by atoms with van der Waals surface area (Å²) in [6.07, 6.45) is 8.11. The van der Waals surface area contributed by atoms with Crippen molar-refractivity contribution in [3.8, 4) is 0 Å². The predicted molar refractivity (Wildman–Crippen MR) is 62.6 cm³/mol. The van der Waals surface area contributed by atoms with Gasteiger partial charge in [0.05, 0.1) is 19.3 Å². The monoisotopic (exact) mass is 203 g/mol. The lowest BCUT2D eigenvalue weighted by molar-refractivity contribution is 0.213. The topological polar surface area (TPSA) is 20.2 Å². The van der Waals surface area contributed by atoms with Gasteiger partial charge in [0.2, 0.25) is 0 Å². The average molecular weight is 203 g/mol. The van der Waals surface area contributed by atoms with Crippen LogP contribution in [0, 0.1) is 6.42 Å². The zero-order valence-electron chi connectivity index (χ0n) is 9.15. The number of aliphatic hydroxyl groups excluding tert-OH is 1. The Morgan fingerprint density at radius 1 is 1.27 bits per heavy atom. The largest absolute Gasteiger partial charge is 0.396 e. The van der Waals surface area contributed by atoms with Crippen LogP contribution in [0.25, 0.3) is 0 Å². The molecule has 1 saturated carbocycles. The molecule has 1 unspecified atom stereocenters. The summed E-state index contributed by atoms with van der Waals surface area (Å²) in [4.78, 5) is 0. The van der Waals surface area contributed by atoms with Crippen molar-refractivity contribution in [3.05, 3.63) is 42.3 Å². The Bertz CT molecular complexity index is 280. The van der Waals surface area contributed by atoms with Crippen LogP contribution in [-0.4, -0.2) is 11.7 Å². The summed E-state index contributed by atoms with van der Waals surface area (Å²) in [5.41, 5.74) is 1.61. The van der Waals surface area contributed by atoms with Crippen LogP contribution in [0.4, 0.5) is 0 Å². The van der Waals surface area contributed by atoms with Crippen LogP contribution >= 0.6 is 0 Å². The summed E-state index contributed by atoms with van der Waals surface area (Å²) in [7, 11) is 0. The van der Waals surface area contributed by atoms with Crippen LogP contribution in [0.3, 0.4) is 0 Å². The van der Waals surface area contributed by atoms with Crippen LogP contribution in [-0.2, 0) is 5.41 Å². The van der Waals surface area contributed by atoms with E-state index >= 15 is 0 Å². The maximum Gasteiger partial charge on any atom is 0.0972 e. The number of hydrogen-bond donors (Lipinski definition) is 1. The SMILES string of the molecule is OCCC1(c2ccccc2)C[CH+]CCC1. The van der Waals surface area contributed by atoms with Gasteiger partial charge in [-0.2, -0.15) is 0 Å². The first-order valence-electron chi connectivity index (χ1n) is 5.85. The standard InChI is InChI=1S/C14H19O/c15-12-11-14(9-5-2-6-10-14)13-7-3-1-4-8-13/h1,3-5,7-8,15H,2,6,9-12H2/q+1. The molecule has 1 atom stereocenters. The molecule has 0 saturated heterocycles. The molecule has 0 aromatic heterocycles. The van der Waals surface area contributed by atoms with Gasteiger partial charge in [-0.3, -0.25) is 0 Å². The molecule has 15 heavy (non-hydrogen) atoms. The molecule has 1 fully saturated rings. The minimum absolute atomic E-state index is 0.217. The van der Waals surface area contributed by atoms with Gasteiger partial charge in [0.15, 0.2) is 0 Å². The first-order valence-corrected chi connectivity index (χ1v) is 5.85. The second kappa shape index (κ2) is 4.71. The summed E-state index contributed by atoms with van der Waals surface area (Å²) in [5.74, 6) is 0. The number of hydrogen-bond acceptors (Lipinski definition) is 1. The zero-order chi connectivity index (χ0) is 10.6. The summed E-state index contributed by atoms with van der Waals surface area (Å²) < 4.78 is 0. The fourth-order valence-electron chi connectivity index (χ4n) is 2.70. The fourth-order valence-corrected chi connectivity index (χ4v) is 2.70. The molecule has 1 aliphatic carbocycles. The van der Waals surface area contributed by atoms with Crippen molar-refractivity contribution in [1.82, 2.24) is 0 Å². The first-order chi connectivity index (χ1) is 7.37. The maximum absolute atomic E-state index is 9.23. The molecule has 1 aromatic rings. The molecule has 1 nitrogen and oxygen atoms in total. The van der Waals surface area contributed by atoms with E-state index in [1.807, 2.05) is 0 Å². The van der Waals surface area contributed by atoms with E-state index in [0.29, 0.717) is 6.61 Å². The zero-order valence-corrected chi connectivity index (χ0v) is 9.15. The molecule has 1 aliphatic rings. The highest BCUT2D eigenvalue weighted by atomic mass is 16.3. The molecule has 0 radical (unpaired) electrons. The normalized spacial score (nSPS) is 25.9. The van der Waals surface area contributed by atoms with E-state index in [1.54, 1.807) is 0 Å². The van der Waals surface area contributed by atoms with Gasteiger partial charge in [-0.05, 0) is 24.8 Å². The van der Waals surface area contributed by atoms with Gasteiger partial charge in [-0.1, -0.05) is 30.3 Å². The predicted octanol–water partition coefficient (Wildman–Crippen LogP) is 3.09. The number of rotatable bonds is 3. The molecule has 0 aliphatic heterocycles. The quantitative estimate of drug-likeness (QED) is 0.748. The fraction of sp³-hybridized carbons (Fsp3) is 0.500. The van der Waals surface area contributed by atoms with Gasteiger partial charge in [-0.25, -0.2) is 0 Å². The smallest absolute Gasteiger partial charge is 0.0972 e. The van der Waals surface area contributed by atoms with Crippen molar-refractivity contribution in [1.29, 1.82) is 0 Å². The highest BCUT2D eigenvalue weighted by molar-refractivity contribution is 5.26. The molecule has 0 heterocycles. The molecular weight excluding hydrogens is 184 g/mol. The lowest BCUT2D eigenvalue weighted by Crippen LogP contribution is -2.30. The Hall–Kier alpha value is -0.950. The third-order valence-electron chi connectivity index (χ3n) is 3.58. The molecule has 0 bridgehead atoms. The van der Waals surface area contributed by atoms with Crippen LogP contribution < -0.4 is 0 Å². The first kappa shape index (κ1) is 10.6. The molecule has 1 N–H and O–H groups in total. The van der Waals surface area contributed by atoms with Gasteiger partial charge >= 0.3 is 0 Å². The molecule has 1 aromatic carbocycles. The van der Waals surface area contributed by atoms with Gasteiger partial charge in [0, 0.05) is 12.0 Å². The molecule has 80 valence electrons. The third kappa shape index (κ3) is 2.18.